The van der Waals surface area contributed by atoms with Gasteiger partial charge in [0.15, 0.2) is 0 Å². The number of hydrogen-bond acceptors (Lipinski definition) is 3. The molecule has 0 aliphatic carbocycles. The molecule has 0 bridgehead atoms. The van der Waals surface area contributed by atoms with Crippen molar-refractivity contribution in [3.8, 4) is 0 Å². The highest BCUT2D eigenvalue weighted by Gasteiger charge is 2.25. The van der Waals surface area contributed by atoms with E-state index in [1.54, 1.807) is 12.1 Å². The highest BCUT2D eigenvalue weighted by atomic mass is 32.1. The Hall–Kier alpha value is -1.46. The van der Waals surface area contributed by atoms with Gasteiger partial charge in [0.05, 0.1) is 0 Å². The molecule has 0 radical (unpaired) electrons. The summed E-state index contributed by atoms with van der Waals surface area (Å²) in [5.41, 5.74) is 6.94. The van der Waals surface area contributed by atoms with Crippen LogP contribution >= 0.6 is 12.2 Å². The molecule has 108 valence electrons. The predicted molar refractivity (Wildman–Crippen MR) is 84.9 cm³/mol. The van der Waals surface area contributed by atoms with E-state index in [1.165, 1.54) is 0 Å². The summed E-state index contributed by atoms with van der Waals surface area (Å²) in [6, 6.07) is 7.39. The zero-order chi connectivity index (χ0) is 14.7. The van der Waals surface area contributed by atoms with Crippen molar-refractivity contribution in [2.24, 2.45) is 11.7 Å². The standard InChI is InChI=1S/C15H21N3OS/c1-10-9-18(2)7-6-13(10)17-15(19)12-5-3-4-11(8-12)14(16)20/h3-5,8,10,13H,6-7,9H2,1-2H3,(H2,16,20)(H,17,19). The molecule has 1 fully saturated rings. The molecular weight excluding hydrogens is 270 g/mol. The van der Waals surface area contributed by atoms with Gasteiger partial charge in [-0.1, -0.05) is 31.3 Å². The van der Waals surface area contributed by atoms with Crippen molar-refractivity contribution in [2.45, 2.75) is 19.4 Å². The molecular formula is C15H21N3OS. The minimum absolute atomic E-state index is 0.0514. The molecule has 2 rings (SSSR count). The second-order valence-electron chi connectivity index (χ2n) is 5.55. The molecule has 1 saturated heterocycles. The molecule has 2 atom stereocenters. The zero-order valence-electron chi connectivity index (χ0n) is 11.9. The Morgan fingerprint density at radius 2 is 2.15 bits per heavy atom. The number of benzene rings is 1. The van der Waals surface area contributed by atoms with Crippen LogP contribution in [0.1, 0.15) is 29.3 Å². The molecule has 4 nitrogen and oxygen atoms in total. The molecule has 0 spiro atoms. The first-order valence-electron chi connectivity index (χ1n) is 6.86. The quantitative estimate of drug-likeness (QED) is 0.826. The first kappa shape index (κ1) is 14.9. The average molecular weight is 291 g/mol. The molecule has 1 aliphatic rings. The SMILES string of the molecule is CC1CN(C)CCC1NC(=O)c1cccc(C(N)=S)c1. The number of piperidine rings is 1. The largest absolute Gasteiger partial charge is 0.389 e. The number of nitrogens with two attached hydrogens (primary N) is 1. The minimum atomic E-state index is -0.0514. The summed E-state index contributed by atoms with van der Waals surface area (Å²) in [4.78, 5) is 14.9. The number of thiocarbonyl (C=S) groups is 1. The van der Waals surface area contributed by atoms with E-state index in [0.717, 1.165) is 25.1 Å². The van der Waals surface area contributed by atoms with Gasteiger partial charge in [0.2, 0.25) is 0 Å². The van der Waals surface area contributed by atoms with Crippen LogP contribution in [0.5, 0.6) is 0 Å². The normalized spacial score (nSPS) is 23.3. The fraction of sp³-hybridized carbons (Fsp3) is 0.467. The third kappa shape index (κ3) is 3.55. The van der Waals surface area contributed by atoms with E-state index in [9.17, 15) is 4.79 Å². The Morgan fingerprint density at radius 1 is 1.45 bits per heavy atom. The number of rotatable bonds is 3. The lowest BCUT2D eigenvalue weighted by atomic mass is 9.94. The van der Waals surface area contributed by atoms with Crippen molar-refractivity contribution >= 4 is 23.1 Å². The van der Waals surface area contributed by atoms with Gasteiger partial charge >= 0.3 is 0 Å². The van der Waals surface area contributed by atoms with Gasteiger partial charge in [-0.3, -0.25) is 4.79 Å². The number of amides is 1. The van der Waals surface area contributed by atoms with Gasteiger partial charge in [0, 0.05) is 23.7 Å². The molecule has 0 saturated carbocycles. The van der Waals surface area contributed by atoms with Crippen molar-refractivity contribution < 1.29 is 4.79 Å². The number of nitrogens with one attached hydrogen (secondary N) is 1. The molecule has 5 heteroatoms. The Bertz CT molecular complexity index is 518. The Balaban J connectivity index is 2.05. The minimum Gasteiger partial charge on any atom is -0.389 e. The third-order valence-electron chi connectivity index (χ3n) is 3.83. The Kier molecular flexibility index (Phi) is 4.73. The van der Waals surface area contributed by atoms with Crippen LogP contribution in [0.2, 0.25) is 0 Å². The van der Waals surface area contributed by atoms with Crippen LogP contribution in [-0.4, -0.2) is 42.0 Å². The van der Waals surface area contributed by atoms with Crippen molar-refractivity contribution in [1.82, 2.24) is 10.2 Å². The van der Waals surface area contributed by atoms with Crippen LogP contribution in [-0.2, 0) is 0 Å². The number of carbonyl (C=O) groups excluding carboxylic acids is 1. The van der Waals surface area contributed by atoms with Crippen molar-refractivity contribution in [1.29, 1.82) is 0 Å². The van der Waals surface area contributed by atoms with Crippen LogP contribution < -0.4 is 11.1 Å². The van der Waals surface area contributed by atoms with Gasteiger partial charge < -0.3 is 16.0 Å². The molecule has 1 aliphatic heterocycles. The molecule has 1 amide bonds. The van der Waals surface area contributed by atoms with Crippen LogP contribution in [0.3, 0.4) is 0 Å². The van der Waals surface area contributed by atoms with Gasteiger partial charge in [0.1, 0.15) is 4.99 Å². The van der Waals surface area contributed by atoms with Gasteiger partial charge in [-0.15, -0.1) is 0 Å². The van der Waals surface area contributed by atoms with Gasteiger partial charge in [-0.2, -0.15) is 0 Å². The first-order chi connectivity index (χ1) is 9.47. The first-order valence-corrected chi connectivity index (χ1v) is 7.27. The van der Waals surface area contributed by atoms with Gasteiger partial charge in [0.25, 0.3) is 5.91 Å². The summed E-state index contributed by atoms with van der Waals surface area (Å²) >= 11 is 4.94. The van der Waals surface area contributed by atoms with Crippen LogP contribution in [0.15, 0.2) is 24.3 Å². The maximum Gasteiger partial charge on any atom is 0.251 e. The second-order valence-corrected chi connectivity index (χ2v) is 5.99. The topological polar surface area (TPSA) is 58.4 Å². The molecule has 1 aromatic carbocycles. The summed E-state index contributed by atoms with van der Waals surface area (Å²) < 4.78 is 0. The monoisotopic (exact) mass is 291 g/mol. The predicted octanol–water partition coefficient (Wildman–Crippen LogP) is 1.39. The molecule has 0 aromatic heterocycles. The number of nitrogens with zero attached hydrogens (tertiary/aromatic N) is 1. The molecule has 3 N–H and O–H groups in total. The van der Waals surface area contributed by atoms with E-state index in [2.05, 4.69) is 24.2 Å². The van der Waals surface area contributed by atoms with Crippen LogP contribution in [0, 0.1) is 5.92 Å². The fourth-order valence-electron chi connectivity index (χ4n) is 2.63. The zero-order valence-corrected chi connectivity index (χ0v) is 12.7. The summed E-state index contributed by atoms with van der Waals surface area (Å²) in [5, 5.41) is 3.12. The molecule has 1 heterocycles. The number of carbonyl (C=O) groups is 1. The summed E-state index contributed by atoms with van der Waals surface area (Å²) in [7, 11) is 2.11. The summed E-state index contributed by atoms with van der Waals surface area (Å²) in [6.45, 7) is 4.20. The lowest BCUT2D eigenvalue weighted by molar-refractivity contribution is 0.0884. The van der Waals surface area contributed by atoms with E-state index in [4.69, 9.17) is 18.0 Å². The van der Waals surface area contributed by atoms with Crippen molar-refractivity contribution in [3.05, 3.63) is 35.4 Å². The van der Waals surface area contributed by atoms with E-state index in [0.29, 0.717) is 16.5 Å². The number of hydrogen-bond donors (Lipinski definition) is 2. The highest BCUT2D eigenvalue weighted by molar-refractivity contribution is 7.80. The second kappa shape index (κ2) is 6.33. The lowest BCUT2D eigenvalue weighted by Gasteiger charge is -2.35. The highest BCUT2D eigenvalue weighted by Crippen LogP contribution is 2.16. The van der Waals surface area contributed by atoms with Crippen LogP contribution in [0.4, 0.5) is 0 Å². The lowest BCUT2D eigenvalue weighted by Crippen LogP contribution is -2.48. The molecule has 1 aromatic rings. The van der Waals surface area contributed by atoms with E-state index in [-0.39, 0.29) is 11.9 Å². The van der Waals surface area contributed by atoms with Gasteiger partial charge in [-0.25, -0.2) is 0 Å². The maximum absolute atomic E-state index is 12.3. The van der Waals surface area contributed by atoms with E-state index in [1.807, 2.05) is 12.1 Å². The van der Waals surface area contributed by atoms with E-state index < -0.39 is 0 Å². The summed E-state index contributed by atoms with van der Waals surface area (Å²) in [5.74, 6) is 0.404. The Morgan fingerprint density at radius 3 is 2.80 bits per heavy atom. The number of likely N-dealkylation sites (tertiary alicyclic amines) is 1. The van der Waals surface area contributed by atoms with Crippen LogP contribution in [0.25, 0.3) is 0 Å². The van der Waals surface area contributed by atoms with Crippen molar-refractivity contribution in [2.75, 3.05) is 20.1 Å². The smallest absolute Gasteiger partial charge is 0.251 e. The van der Waals surface area contributed by atoms with Gasteiger partial charge in [-0.05, 0) is 38.1 Å². The fourth-order valence-corrected chi connectivity index (χ4v) is 2.76. The maximum atomic E-state index is 12.3. The molecule has 20 heavy (non-hydrogen) atoms. The average Bonchev–Trinajstić information content (AvgIpc) is 2.42. The Labute approximate surface area is 125 Å². The molecule has 2 unspecified atom stereocenters. The third-order valence-corrected chi connectivity index (χ3v) is 4.07. The summed E-state index contributed by atoms with van der Waals surface area (Å²) in [6.07, 6.45) is 0.985. The van der Waals surface area contributed by atoms with E-state index >= 15 is 0 Å². The van der Waals surface area contributed by atoms with Crippen molar-refractivity contribution in [3.63, 3.8) is 0 Å².